The van der Waals surface area contributed by atoms with Crippen LogP contribution >= 0.6 is 11.3 Å². The van der Waals surface area contributed by atoms with E-state index in [0.29, 0.717) is 6.54 Å². The fourth-order valence-electron chi connectivity index (χ4n) is 2.73. The number of carbonyl (C=O) groups is 1. The number of nitrogens with zero attached hydrogens (tertiary/aromatic N) is 3. The molecule has 134 valence electrons. The van der Waals surface area contributed by atoms with Crippen LogP contribution in [0.5, 0.6) is 0 Å². The van der Waals surface area contributed by atoms with Crippen molar-refractivity contribution in [2.45, 2.75) is 6.42 Å². The van der Waals surface area contributed by atoms with Crippen LogP contribution in [0, 0.1) is 0 Å². The third-order valence-electron chi connectivity index (χ3n) is 4.11. The topological polar surface area (TPSA) is 59.8 Å². The van der Waals surface area contributed by atoms with Crippen LogP contribution in [0.2, 0.25) is 0 Å². The summed E-state index contributed by atoms with van der Waals surface area (Å²) in [6, 6.07) is 18.0. The van der Waals surface area contributed by atoms with E-state index in [1.165, 1.54) is 5.56 Å². The van der Waals surface area contributed by atoms with Gasteiger partial charge in [-0.1, -0.05) is 24.3 Å². The lowest BCUT2D eigenvalue weighted by Gasteiger charge is -2.05. The molecule has 6 heteroatoms. The van der Waals surface area contributed by atoms with Gasteiger partial charge in [-0.2, -0.15) is 5.10 Å². The molecule has 0 bridgehead atoms. The first kappa shape index (κ1) is 17.2. The Morgan fingerprint density at radius 1 is 1.11 bits per heavy atom. The van der Waals surface area contributed by atoms with E-state index < -0.39 is 0 Å². The average molecular weight is 374 g/mol. The monoisotopic (exact) mass is 374 g/mol. The summed E-state index contributed by atoms with van der Waals surface area (Å²) in [5.41, 5.74) is 3.15. The van der Waals surface area contributed by atoms with E-state index in [1.54, 1.807) is 29.7 Å². The molecule has 0 atom stereocenters. The first-order valence-electron chi connectivity index (χ1n) is 8.68. The van der Waals surface area contributed by atoms with Crippen molar-refractivity contribution in [2.75, 3.05) is 6.54 Å². The zero-order valence-electron chi connectivity index (χ0n) is 14.6. The predicted molar refractivity (Wildman–Crippen MR) is 109 cm³/mol. The highest BCUT2D eigenvalue weighted by molar-refractivity contribution is 7.19. The molecular weight excluding hydrogens is 356 g/mol. The molecule has 0 aliphatic rings. The van der Waals surface area contributed by atoms with Crippen LogP contribution in [-0.4, -0.2) is 27.2 Å². The second-order valence-corrected chi connectivity index (χ2v) is 7.07. The Labute approximate surface area is 161 Å². The molecule has 0 aliphatic heterocycles. The van der Waals surface area contributed by atoms with E-state index in [1.807, 2.05) is 53.3 Å². The SMILES string of the molecule is O=C(/C=C/c1nc2ccccc2s1)NCCc1ccc(-n2cccn2)cc1. The normalized spacial score (nSPS) is 11.3. The number of hydrogen-bond donors (Lipinski definition) is 1. The third kappa shape index (κ3) is 4.30. The van der Waals surface area contributed by atoms with Gasteiger partial charge in [0.05, 0.1) is 15.9 Å². The molecule has 27 heavy (non-hydrogen) atoms. The van der Waals surface area contributed by atoms with E-state index in [4.69, 9.17) is 0 Å². The fraction of sp³-hybridized carbons (Fsp3) is 0.0952. The number of amides is 1. The molecule has 1 N–H and O–H groups in total. The number of carbonyl (C=O) groups excluding carboxylic acids is 1. The summed E-state index contributed by atoms with van der Waals surface area (Å²) in [7, 11) is 0. The highest BCUT2D eigenvalue weighted by Crippen LogP contribution is 2.22. The quantitative estimate of drug-likeness (QED) is 0.522. The Morgan fingerprint density at radius 2 is 1.96 bits per heavy atom. The number of para-hydroxylation sites is 1. The van der Waals surface area contributed by atoms with Crippen molar-refractivity contribution in [3.05, 3.63) is 83.6 Å². The van der Waals surface area contributed by atoms with Gasteiger partial charge in [-0.05, 0) is 48.4 Å². The fourth-order valence-corrected chi connectivity index (χ4v) is 3.60. The van der Waals surface area contributed by atoms with E-state index in [0.717, 1.165) is 27.3 Å². The zero-order chi connectivity index (χ0) is 18.5. The van der Waals surface area contributed by atoms with Crippen molar-refractivity contribution in [1.82, 2.24) is 20.1 Å². The maximum absolute atomic E-state index is 12.0. The second kappa shape index (κ2) is 7.97. The van der Waals surface area contributed by atoms with E-state index >= 15 is 0 Å². The van der Waals surface area contributed by atoms with Gasteiger partial charge in [-0.25, -0.2) is 9.67 Å². The molecule has 0 saturated carbocycles. The number of hydrogen-bond acceptors (Lipinski definition) is 4. The van der Waals surface area contributed by atoms with Crippen LogP contribution in [0.3, 0.4) is 0 Å². The first-order chi connectivity index (χ1) is 13.3. The van der Waals surface area contributed by atoms with Crippen LogP contribution in [0.25, 0.3) is 22.0 Å². The minimum absolute atomic E-state index is 0.109. The summed E-state index contributed by atoms with van der Waals surface area (Å²) < 4.78 is 2.94. The van der Waals surface area contributed by atoms with Crippen molar-refractivity contribution in [3.63, 3.8) is 0 Å². The summed E-state index contributed by atoms with van der Waals surface area (Å²) in [6.45, 7) is 0.587. The number of nitrogens with one attached hydrogen (secondary N) is 1. The van der Waals surface area contributed by atoms with Crippen LogP contribution in [-0.2, 0) is 11.2 Å². The Hall–Kier alpha value is -3.25. The molecule has 4 aromatic rings. The van der Waals surface area contributed by atoms with E-state index in [9.17, 15) is 4.79 Å². The van der Waals surface area contributed by atoms with E-state index in [2.05, 4.69) is 27.5 Å². The Kier molecular flexibility index (Phi) is 5.07. The van der Waals surface area contributed by atoms with Crippen LogP contribution in [0.4, 0.5) is 0 Å². The molecule has 2 aromatic heterocycles. The predicted octanol–water partition coefficient (Wildman–Crippen LogP) is 3.85. The van der Waals surface area contributed by atoms with Crippen LogP contribution in [0.15, 0.2) is 73.1 Å². The van der Waals surface area contributed by atoms with Crippen molar-refractivity contribution in [2.24, 2.45) is 0 Å². The van der Waals surface area contributed by atoms with Gasteiger partial charge in [-0.15, -0.1) is 11.3 Å². The molecule has 2 heterocycles. The van der Waals surface area contributed by atoms with Gasteiger partial charge >= 0.3 is 0 Å². The molecule has 5 nitrogen and oxygen atoms in total. The van der Waals surface area contributed by atoms with E-state index in [-0.39, 0.29) is 5.91 Å². The molecule has 0 saturated heterocycles. The van der Waals surface area contributed by atoms with Gasteiger partial charge in [0.15, 0.2) is 0 Å². The molecule has 4 rings (SSSR count). The lowest BCUT2D eigenvalue weighted by molar-refractivity contribution is -0.116. The molecule has 0 spiro atoms. The summed E-state index contributed by atoms with van der Waals surface area (Å²) in [5, 5.41) is 7.95. The van der Waals surface area contributed by atoms with Gasteiger partial charge in [0.25, 0.3) is 0 Å². The minimum atomic E-state index is -0.109. The highest BCUT2D eigenvalue weighted by Gasteiger charge is 2.02. The summed E-state index contributed by atoms with van der Waals surface area (Å²) >= 11 is 1.58. The first-order valence-corrected chi connectivity index (χ1v) is 9.50. The Morgan fingerprint density at radius 3 is 2.74 bits per heavy atom. The Balaban J connectivity index is 1.28. The Bertz CT molecular complexity index is 1030. The van der Waals surface area contributed by atoms with Gasteiger partial charge in [0.1, 0.15) is 5.01 Å². The van der Waals surface area contributed by atoms with Gasteiger partial charge < -0.3 is 5.32 Å². The molecular formula is C21H18N4OS. The van der Waals surface area contributed by atoms with Gasteiger partial charge in [-0.3, -0.25) is 4.79 Å². The molecule has 0 radical (unpaired) electrons. The standard InChI is InChI=1S/C21H18N4OS/c26-20(10-11-21-24-18-4-1-2-5-19(18)27-21)22-14-12-16-6-8-17(9-7-16)25-15-3-13-23-25/h1-11,13,15H,12,14H2,(H,22,26)/b11-10+. The van der Waals surface area contributed by atoms with Gasteiger partial charge in [0.2, 0.25) is 5.91 Å². The number of aromatic nitrogens is 3. The molecule has 0 fully saturated rings. The average Bonchev–Trinajstić information content (AvgIpc) is 3.36. The minimum Gasteiger partial charge on any atom is -0.352 e. The number of thiazole rings is 1. The molecule has 0 aliphatic carbocycles. The lowest BCUT2D eigenvalue weighted by atomic mass is 10.1. The van der Waals surface area contributed by atoms with Crippen LogP contribution in [0.1, 0.15) is 10.6 Å². The number of rotatable bonds is 6. The van der Waals surface area contributed by atoms with Crippen molar-refractivity contribution >= 4 is 33.5 Å². The second-order valence-electron chi connectivity index (χ2n) is 6.01. The van der Waals surface area contributed by atoms with Crippen molar-refractivity contribution < 1.29 is 4.79 Å². The molecule has 1 amide bonds. The number of fused-ring (bicyclic) bond motifs is 1. The lowest BCUT2D eigenvalue weighted by Crippen LogP contribution is -2.23. The summed E-state index contributed by atoms with van der Waals surface area (Å²) in [5.74, 6) is -0.109. The maximum Gasteiger partial charge on any atom is 0.244 e. The zero-order valence-corrected chi connectivity index (χ0v) is 15.4. The third-order valence-corrected chi connectivity index (χ3v) is 5.11. The van der Waals surface area contributed by atoms with Gasteiger partial charge in [0, 0.05) is 25.0 Å². The summed E-state index contributed by atoms with van der Waals surface area (Å²) in [4.78, 5) is 16.5. The maximum atomic E-state index is 12.0. The van der Waals surface area contributed by atoms with Crippen LogP contribution < -0.4 is 5.32 Å². The largest absolute Gasteiger partial charge is 0.352 e. The highest BCUT2D eigenvalue weighted by atomic mass is 32.1. The smallest absolute Gasteiger partial charge is 0.244 e. The van der Waals surface area contributed by atoms with Crippen molar-refractivity contribution in [3.8, 4) is 5.69 Å². The molecule has 2 aromatic carbocycles. The van der Waals surface area contributed by atoms with Crippen molar-refractivity contribution in [1.29, 1.82) is 0 Å². The number of benzene rings is 2. The summed E-state index contributed by atoms with van der Waals surface area (Å²) in [6.07, 6.45) is 7.75. The molecule has 0 unspecified atom stereocenters.